The minimum atomic E-state index is -0.454. The molecular weight excluding hydrogens is 419 g/mol. The lowest BCUT2D eigenvalue weighted by Gasteiger charge is -2.38. The summed E-state index contributed by atoms with van der Waals surface area (Å²) >= 11 is 1.47. The van der Waals surface area contributed by atoms with Gasteiger partial charge in [0.15, 0.2) is 0 Å². The molecule has 1 aliphatic carbocycles. The van der Waals surface area contributed by atoms with Crippen LogP contribution < -0.4 is 10.6 Å². The molecule has 1 fully saturated rings. The van der Waals surface area contributed by atoms with Gasteiger partial charge in [-0.05, 0) is 62.3 Å². The number of amides is 1. The smallest absolute Gasteiger partial charge is 0.341 e. The molecule has 2 heterocycles. The zero-order chi connectivity index (χ0) is 21.8. The second-order valence-electron chi connectivity index (χ2n) is 7.89. The molecule has 1 aliphatic heterocycles. The second kappa shape index (κ2) is 9.46. The van der Waals surface area contributed by atoms with Crippen LogP contribution in [0.25, 0.3) is 0 Å². The van der Waals surface area contributed by atoms with E-state index in [9.17, 15) is 14.0 Å². The summed E-state index contributed by atoms with van der Waals surface area (Å²) in [4.78, 5) is 26.5. The molecule has 1 amide bonds. The van der Waals surface area contributed by atoms with Gasteiger partial charge in [-0.3, -0.25) is 10.1 Å². The predicted molar refractivity (Wildman–Crippen MR) is 117 cm³/mol. The number of anilines is 1. The van der Waals surface area contributed by atoms with Crippen LogP contribution in [0.3, 0.4) is 0 Å². The van der Waals surface area contributed by atoms with E-state index in [1.165, 1.54) is 23.5 Å². The third-order valence-corrected chi connectivity index (χ3v) is 7.19. The lowest BCUT2D eigenvalue weighted by Crippen LogP contribution is -2.49. The summed E-state index contributed by atoms with van der Waals surface area (Å²) < 4.78 is 24.2. The fourth-order valence-corrected chi connectivity index (χ4v) is 5.68. The van der Waals surface area contributed by atoms with Crippen molar-refractivity contribution in [1.29, 1.82) is 0 Å². The zero-order valence-corrected chi connectivity index (χ0v) is 18.4. The Morgan fingerprint density at radius 2 is 1.94 bits per heavy atom. The standard InChI is InChI=1S/C23H27FN2O4S/c1-2-30-22(28)20-17-4-3-5-18(17)31-21(20)26-19(27)14-25-23(10-12-29-13-11-23)15-6-8-16(24)9-7-15/h6-9,25H,2-5,10-14H2,1H3,(H,26,27). The number of aryl methyl sites for hydroxylation is 1. The fraction of sp³-hybridized carbons (Fsp3) is 0.478. The van der Waals surface area contributed by atoms with Crippen molar-refractivity contribution in [3.63, 3.8) is 0 Å². The molecule has 31 heavy (non-hydrogen) atoms. The molecule has 2 aromatic rings. The lowest BCUT2D eigenvalue weighted by molar-refractivity contribution is -0.116. The number of thiophene rings is 1. The van der Waals surface area contributed by atoms with Crippen LogP contribution in [0.2, 0.25) is 0 Å². The number of carbonyl (C=O) groups excluding carboxylic acids is 2. The molecule has 0 spiro atoms. The molecule has 8 heteroatoms. The highest BCUT2D eigenvalue weighted by Gasteiger charge is 2.35. The summed E-state index contributed by atoms with van der Waals surface area (Å²) in [6.45, 7) is 3.27. The molecule has 0 bridgehead atoms. The molecule has 2 aliphatic rings. The van der Waals surface area contributed by atoms with Crippen molar-refractivity contribution >= 4 is 28.2 Å². The van der Waals surface area contributed by atoms with E-state index in [0.717, 1.165) is 35.3 Å². The molecule has 0 unspecified atom stereocenters. The van der Waals surface area contributed by atoms with Gasteiger partial charge in [-0.25, -0.2) is 9.18 Å². The highest BCUT2D eigenvalue weighted by Crippen LogP contribution is 2.39. The van der Waals surface area contributed by atoms with E-state index in [2.05, 4.69) is 10.6 Å². The Morgan fingerprint density at radius 1 is 1.19 bits per heavy atom. The van der Waals surface area contributed by atoms with Gasteiger partial charge in [0, 0.05) is 23.6 Å². The van der Waals surface area contributed by atoms with Gasteiger partial charge in [-0.1, -0.05) is 12.1 Å². The van der Waals surface area contributed by atoms with Crippen molar-refractivity contribution in [1.82, 2.24) is 5.32 Å². The number of halogens is 1. The minimum Gasteiger partial charge on any atom is -0.462 e. The first-order valence-corrected chi connectivity index (χ1v) is 11.5. The molecule has 166 valence electrons. The van der Waals surface area contributed by atoms with Gasteiger partial charge in [0.05, 0.1) is 18.7 Å². The molecule has 1 aromatic carbocycles. The van der Waals surface area contributed by atoms with Crippen LogP contribution >= 0.6 is 11.3 Å². The van der Waals surface area contributed by atoms with Crippen molar-refractivity contribution in [2.24, 2.45) is 0 Å². The summed E-state index contributed by atoms with van der Waals surface area (Å²) in [7, 11) is 0. The number of carbonyl (C=O) groups is 2. The SMILES string of the molecule is CCOC(=O)c1c(NC(=O)CNC2(c3ccc(F)cc3)CCOCC2)sc2c1CCC2. The Labute approximate surface area is 185 Å². The van der Waals surface area contributed by atoms with Gasteiger partial charge in [0.2, 0.25) is 5.91 Å². The van der Waals surface area contributed by atoms with E-state index in [1.807, 2.05) is 0 Å². The molecule has 1 aromatic heterocycles. The lowest BCUT2D eigenvalue weighted by atomic mass is 9.82. The number of ether oxygens (including phenoxy) is 2. The number of nitrogens with one attached hydrogen (secondary N) is 2. The van der Waals surface area contributed by atoms with Gasteiger partial charge < -0.3 is 14.8 Å². The molecule has 0 atom stereocenters. The highest BCUT2D eigenvalue weighted by molar-refractivity contribution is 7.17. The summed E-state index contributed by atoms with van der Waals surface area (Å²) in [6, 6.07) is 6.39. The van der Waals surface area contributed by atoms with Crippen molar-refractivity contribution < 1.29 is 23.5 Å². The van der Waals surface area contributed by atoms with E-state index in [0.29, 0.717) is 43.2 Å². The first-order chi connectivity index (χ1) is 15.0. The monoisotopic (exact) mass is 446 g/mol. The minimum absolute atomic E-state index is 0.0716. The molecule has 4 rings (SSSR count). The largest absolute Gasteiger partial charge is 0.462 e. The van der Waals surface area contributed by atoms with Crippen LogP contribution in [-0.2, 0) is 32.6 Å². The third-order valence-electron chi connectivity index (χ3n) is 5.98. The molecule has 2 N–H and O–H groups in total. The highest BCUT2D eigenvalue weighted by atomic mass is 32.1. The number of esters is 1. The Hall–Kier alpha value is -2.29. The predicted octanol–water partition coefficient (Wildman–Crippen LogP) is 3.79. The first-order valence-electron chi connectivity index (χ1n) is 10.7. The molecule has 6 nitrogen and oxygen atoms in total. The van der Waals surface area contributed by atoms with Crippen LogP contribution in [0, 0.1) is 5.82 Å². The van der Waals surface area contributed by atoms with Gasteiger partial charge in [-0.2, -0.15) is 0 Å². The first kappa shape index (κ1) is 21.9. The number of hydrogen-bond donors (Lipinski definition) is 2. The van der Waals surface area contributed by atoms with E-state index in [4.69, 9.17) is 9.47 Å². The quantitative estimate of drug-likeness (QED) is 0.633. The van der Waals surface area contributed by atoms with Crippen LogP contribution in [0.5, 0.6) is 0 Å². The Morgan fingerprint density at radius 3 is 2.65 bits per heavy atom. The summed E-state index contributed by atoms with van der Waals surface area (Å²) in [5, 5.41) is 6.88. The van der Waals surface area contributed by atoms with Crippen LogP contribution in [-0.4, -0.2) is 38.2 Å². The molecule has 0 radical (unpaired) electrons. The van der Waals surface area contributed by atoms with Gasteiger partial charge >= 0.3 is 5.97 Å². The molecule has 0 saturated carbocycles. The summed E-state index contributed by atoms with van der Waals surface area (Å²) in [6.07, 6.45) is 4.15. The van der Waals surface area contributed by atoms with Crippen LogP contribution in [0.4, 0.5) is 9.39 Å². The summed E-state index contributed by atoms with van der Waals surface area (Å²) in [5.41, 5.74) is 2.00. The maximum Gasteiger partial charge on any atom is 0.341 e. The topological polar surface area (TPSA) is 76.7 Å². The summed E-state index contributed by atoms with van der Waals surface area (Å²) in [5.74, 6) is -0.892. The van der Waals surface area contributed by atoms with Crippen molar-refractivity contribution in [3.05, 3.63) is 51.7 Å². The van der Waals surface area contributed by atoms with E-state index in [-0.39, 0.29) is 24.2 Å². The number of fused-ring (bicyclic) bond motifs is 1. The normalized spacial score (nSPS) is 17.2. The molecule has 1 saturated heterocycles. The maximum atomic E-state index is 13.4. The second-order valence-corrected chi connectivity index (χ2v) is 8.99. The Balaban J connectivity index is 1.48. The average Bonchev–Trinajstić information content (AvgIpc) is 3.34. The van der Waals surface area contributed by atoms with Gasteiger partial charge in [0.1, 0.15) is 10.8 Å². The average molecular weight is 447 g/mol. The van der Waals surface area contributed by atoms with E-state index < -0.39 is 5.54 Å². The number of benzene rings is 1. The Kier molecular flexibility index (Phi) is 6.69. The maximum absolute atomic E-state index is 13.4. The zero-order valence-electron chi connectivity index (χ0n) is 17.6. The van der Waals surface area contributed by atoms with Crippen molar-refractivity contribution in [3.8, 4) is 0 Å². The van der Waals surface area contributed by atoms with Crippen molar-refractivity contribution in [2.75, 3.05) is 31.7 Å². The van der Waals surface area contributed by atoms with E-state index >= 15 is 0 Å². The molecular formula is C23H27FN2O4S. The third kappa shape index (κ3) is 4.66. The van der Waals surface area contributed by atoms with E-state index in [1.54, 1.807) is 19.1 Å². The number of hydrogen-bond acceptors (Lipinski definition) is 6. The van der Waals surface area contributed by atoms with Gasteiger partial charge in [-0.15, -0.1) is 11.3 Å². The van der Waals surface area contributed by atoms with Crippen molar-refractivity contribution in [2.45, 2.75) is 44.6 Å². The fourth-order valence-electron chi connectivity index (χ4n) is 4.39. The van der Waals surface area contributed by atoms with Crippen LogP contribution in [0.15, 0.2) is 24.3 Å². The van der Waals surface area contributed by atoms with Gasteiger partial charge in [0.25, 0.3) is 0 Å². The number of rotatable bonds is 7. The van der Waals surface area contributed by atoms with Crippen LogP contribution in [0.1, 0.15) is 52.5 Å². The Bertz CT molecular complexity index is 951.